The van der Waals surface area contributed by atoms with E-state index >= 15 is 0 Å². The topological polar surface area (TPSA) is 89.0 Å². The van der Waals surface area contributed by atoms with Crippen LogP contribution in [-0.4, -0.2) is 25.1 Å². The Bertz CT molecular complexity index is 1180. The van der Waals surface area contributed by atoms with Crippen molar-refractivity contribution in [3.63, 3.8) is 0 Å². The molecule has 0 fully saturated rings. The highest BCUT2D eigenvalue weighted by Gasteiger charge is 2.08. The fraction of sp³-hybridized carbons (Fsp3) is 0.125. The van der Waals surface area contributed by atoms with Gasteiger partial charge < -0.3 is 14.8 Å². The average Bonchev–Trinajstić information content (AvgIpc) is 2.80. The fourth-order valence-corrected chi connectivity index (χ4v) is 3.13. The molecule has 3 aromatic carbocycles. The summed E-state index contributed by atoms with van der Waals surface area (Å²) < 4.78 is 11.2. The molecule has 0 atom stereocenters. The number of amides is 2. The normalized spacial score (nSPS) is 10.7. The van der Waals surface area contributed by atoms with Crippen LogP contribution in [0.15, 0.2) is 65.8 Å². The van der Waals surface area contributed by atoms with Crippen molar-refractivity contribution < 1.29 is 19.1 Å². The number of hydrogen-bond donors (Lipinski definition) is 2. The molecular weight excluding hydrogens is 465 g/mol. The molecule has 0 aromatic heterocycles. The molecule has 0 aliphatic heterocycles. The number of anilines is 1. The van der Waals surface area contributed by atoms with Gasteiger partial charge in [-0.2, -0.15) is 5.10 Å². The number of nitrogens with one attached hydrogen (secondary N) is 2. The van der Waals surface area contributed by atoms with Gasteiger partial charge in [0, 0.05) is 18.2 Å². The quantitative estimate of drug-likeness (QED) is 0.334. The molecule has 3 aromatic rings. The van der Waals surface area contributed by atoms with Gasteiger partial charge in [0.1, 0.15) is 6.61 Å². The van der Waals surface area contributed by atoms with Crippen molar-refractivity contribution in [3.05, 3.63) is 87.4 Å². The molecule has 0 heterocycles. The first kappa shape index (κ1) is 24.1. The molecule has 2 amide bonds. The van der Waals surface area contributed by atoms with Gasteiger partial charge >= 0.3 is 0 Å². The lowest BCUT2D eigenvalue weighted by molar-refractivity contribution is -0.114. The van der Waals surface area contributed by atoms with Gasteiger partial charge in [0.25, 0.3) is 5.91 Å². The van der Waals surface area contributed by atoms with Crippen LogP contribution in [0.1, 0.15) is 28.4 Å². The number of carbonyl (C=O) groups is 2. The van der Waals surface area contributed by atoms with Gasteiger partial charge in [0.05, 0.1) is 23.4 Å². The number of rotatable bonds is 8. The third-order valence-electron chi connectivity index (χ3n) is 4.41. The van der Waals surface area contributed by atoms with Crippen molar-refractivity contribution in [1.82, 2.24) is 5.43 Å². The van der Waals surface area contributed by atoms with Crippen LogP contribution in [0, 0.1) is 0 Å². The Kier molecular flexibility index (Phi) is 8.29. The molecule has 0 bridgehead atoms. The van der Waals surface area contributed by atoms with Crippen molar-refractivity contribution in [2.75, 3.05) is 12.4 Å². The van der Waals surface area contributed by atoms with E-state index in [-0.39, 0.29) is 18.4 Å². The van der Waals surface area contributed by atoms with Crippen molar-refractivity contribution in [2.45, 2.75) is 13.5 Å². The predicted octanol–water partition coefficient (Wildman–Crippen LogP) is 5.30. The number of hydrogen-bond acceptors (Lipinski definition) is 5. The van der Waals surface area contributed by atoms with Gasteiger partial charge in [-0.05, 0) is 65.7 Å². The molecule has 0 saturated heterocycles. The molecule has 0 spiro atoms. The van der Waals surface area contributed by atoms with E-state index in [9.17, 15) is 9.59 Å². The first-order valence-corrected chi connectivity index (χ1v) is 10.6. The zero-order chi connectivity index (χ0) is 23.8. The summed E-state index contributed by atoms with van der Waals surface area (Å²) in [5.74, 6) is 0.495. The van der Waals surface area contributed by atoms with E-state index in [0.717, 1.165) is 5.56 Å². The highest BCUT2D eigenvalue weighted by molar-refractivity contribution is 6.42. The lowest BCUT2D eigenvalue weighted by Gasteiger charge is -2.11. The molecule has 0 aliphatic carbocycles. The van der Waals surface area contributed by atoms with Gasteiger partial charge in [-0.1, -0.05) is 29.3 Å². The molecule has 2 N–H and O–H groups in total. The molecule has 170 valence electrons. The lowest BCUT2D eigenvalue weighted by atomic mass is 10.2. The van der Waals surface area contributed by atoms with E-state index in [1.807, 2.05) is 6.07 Å². The predicted molar refractivity (Wildman–Crippen MR) is 130 cm³/mol. The standard InChI is InChI=1S/C24H21Cl2N3O4/c1-15(30)28-19-7-5-18(6-8-19)24(31)29-27-13-16-4-10-22(23(12-16)32-2)33-14-17-3-9-20(25)21(26)11-17/h3-13H,14H2,1-2H3,(H,28,30)(H,29,31)/b27-13-. The Balaban J connectivity index is 1.59. The van der Waals surface area contributed by atoms with Crippen LogP contribution in [0.3, 0.4) is 0 Å². The number of carbonyl (C=O) groups excluding carboxylic acids is 2. The van der Waals surface area contributed by atoms with E-state index < -0.39 is 0 Å². The van der Waals surface area contributed by atoms with Gasteiger partial charge in [-0.3, -0.25) is 9.59 Å². The number of hydrazone groups is 1. The van der Waals surface area contributed by atoms with Gasteiger partial charge in [0.2, 0.25) is 5.91 Å². The summed E-state index contributed by atoms with van der Waals surface area (Å²) in [6.45, 7) is 1.70. The maximum Gasteiger partial charge on any atom is 0.271 e. The Labute approximate surface area is 201 Å². The van der Waals surface area contributed by atoms with Crippen LogP contribution in [0.5, 0.6) is 11.5 Å². The number of methoxy groups -OCH3 is 1. The van der Waals surface area contributed by atoms with Gasteiger partial charge in [-0.15, -0.1) is 0 Å². The van der Waals surface area contributed by atoms with Gasteiger partial charge in [-0.25, -0.2) is 5.43 Å². The van der Waals surface area contributed by atoms with Crippen molar-refractivity contribution in [1.29, 1.82) is 0 Å². The number of benzene rings is 3. The molecule has 3 rings (SSSR count). The maximum atomic E-state index is 12.2. The maximum absolute atomic E-state index is 12.2. The zero-order valence-electron chi connectivity index (χ0n) is 17.9. The van der Waals surface area contributed by atoms with E-state index in [1.54, 1.807) is 54.6 Å². The van der Waals surface area contributed by atoms with E-state index in [1.165, 1.54) is 20.2 Å². The Morgan fingerprint density at radius 1 is 0.970 bits per heavy atom. The summed E-state index contributed by atoms with van der Waals surface area (Å²) in [4.78, 5) is 23.3. The Morgan fingerprint density at radius 2 is 1.73 bits per heavy atom. The summed E-state index contributed by atoms with van der Waals surface area (Å²) in [5.41, 5.74) is 5.05. The monoisotopic (exact) mass is 485 g/mol. The largest absolute Gasteiger partial charge is 0.493 e. The molecule has 9 heteroatoms. The summed E-state index contributed by atoms with van der Waals surface area (Å²) >= 11 is 12.0. The van der Waals surface area contributed by atoms with Crippen LogP contribution in [0.4, 0.5) is 5.69 Å². The molecule has 0 aliphatic rings. The van der Waals surface area contributed by atoms with Crippen LogP contribution in [-0.2, 0) is 11.4 Å². The van der Waals surface area contributed by atoms with Crippen LogP contribution in [0.25, 0.3) is 0 Å². The number of ether oxygens (including phenoxy) is 2. The minimum Gasteiger partial charge on any atom is -0.493 e. The lowest BCUT2D eigenvalue weighted by Crippen LogP contribution is -2.17. The molecule has 0 unspecified atom stereocenters. The van der Waals surface area contributed by atoms with Crippen LogP contribution < -0.4 is 20.2 Å². The minimum absolute atomic E-state index is 0.182. The highest BCUT2D eigenvalue weighted by Crippen LogP contribution is 2.29. The van der Waals surface area contributed by atoms with Crippen molar-refractivity contribution >= 4 is 46.9 Å². The number of halogens is 2. The third kappa shape index (κ3) is 6.97. The van der Waals surface area contributed by atoms with Crippen molar-refractivity contribution in [3.8, 4) is 11.5 Å². The first-order chi connectivity index (χ1) is 15.9. The summed E-state index contributed by atoms with van der Waals surface area (Å²) in [7, 11) is 1.54. The van der Waals surface area contributed by atoms with Crippen LogP contribution in [0.2, 0.25) is 10.0 Å². The third-order valence-corrected chi connectivity index (χ3v) is 5.15. The SMILES string of the molecule is COc1cc(/C=N\NC(=O)c2ccc(NC(C)=O)cc2)ccc1OCc1ccc(Cl)c(Cl)c1. The van der Waals surface area contributed by atoms with E-state index in [0.29, 0.717) is 38.4 Å². The fourth-order valence-electron chi connectivity index (χ4n) is 2.81. The second-order valence-electron chi connectivity index (χ2n) is 6.91. The summed E-state index contributed by atoms with van der Waals surface area (Å²) in [6, 6.07) is 17.0. The Morgan fingerprint density at radius 3 is 2.39 bits per heavy atom. The summed E-state index contributed by atoms with van der Waals surface area (Å²) in [6.07, 6.45) is 1.49. The van der Waals surface area contributed by atoms with E-state index in [4.69, 9.17) is 32.7 Å². The second-order valence-corrected chi connectivity index (χ2v) is 7.72. The number of nitrogens with zero attached hydrogens (tertiary/aromatic N) is 1. The average molecular weight is 486 g/mol. The van der Waals surface area contributed by atoms with E-state index in [2.05, 4.69) is 15.8 Å². The molecular formula is C24H21Cl2N3O4. The van der Waals surface area contributed by atoms with Crippen LogP contribution >= 0.6 is 23.2 Å². The smallest absolute Gasteiger partial charge is 0.271 e. The minimum atomic E-state index is -0.380. The molecule has 33 heavy (non-hydrogen) atoms. The van der Waals surface area contributed by atoms with Gasteiger partial charge in [0.15, 0.2) is 11.5 Å². The molecule has 0 radical (unpaired) electrons. The molecule has 7 nitrogen and oxygen atoms in total. The van der Waals surface area contributed by atoms with Crippen molar-refractivity contribution in [2.24, 2.45) is 5.10 Å². The highest BCUT2D eigenvalue weighted by atomic mass is 35.5. The zero-order valence-corrected chi connectivity index (χ0v) is 19.4. The Hall–Kier alpha value is -3.55. The summed E-state index contributed by atoms with van der Waals surface area (Å²) in [5, 5.41) is 7.57. The first-order valence-electron chi connectivity index (χ1n) is 9.81. The second kappa shape index (κ2) is 11.4. The molecule has 0 saturated carbocycles.